The van der Waals surface area contributed by atoms with Gasteiger partial charge in [0.15, 0.2) is 0 Å². The Morgan fingerprint density at radius 3 is 2.59 bits per heavy atom. The Balaban J connectivity index is 2.35. The molecule has 17 heavy (non-hydrogen) atoms. The fourth-order valence-electron chi connectivity index (χ4n) is 3.39. The topological polar surface area (TPSA) is 41.6 Å². The number of piperidine rings is 1. The van der Waals surface area contributed by atoms with Crippen molar-refractivity contribution in [3.8, 4) is 0 Å². The zero-order valence-electron chi connectivity index (χ0n) is 11.4. The number of amides is 1. The van der Waals surface area contributed by atoms with E-state index in [1.54, 1.807) is 0 Å². The molecule has 1 N–H and O–H groups in total. The number of likely N-dealkylation sites (N-methyl/N-ethyl adjacent to an activating group) is 1. The van der Waals surface area contributed by atoms with Crippen LogP contribution in [-0.4, -0.2) is 63.2 Å². The van der Waals surface area contributed by atoms with Gasteiger partial charge in [0.25, 0.3) is 5.91 Å². The van der Waals surface area contributed by atoms with Gasteiger partial charge in [-0.15, -0.1) is 0 Å². The second-order valence-electron chi connectivity index (χ2n) is 5.65. The highest BCUT2D eigenvalue weighted by Crippen LogP contribution is 2.40. The molecule has 94 valence electrons. The van der Waals surface area contributed by atoms with E-state index in [9.17, 15) is 4.79 Å². The van der Waals surface area contributed by atoms with E-state index in [-0.39, 0.29) is 22.9 Å². The molecule has 0 saturated carbocycles. The summed E-state index contributed by atoms with van der Waals surface area (Å²) < 4.78 is 6.14. The van der Waals surface area contributed by atoms with Crippen molar-refractivity contribution in [2.24, 2.45) is 0 Å². The number of morpholine rings is 1. The molecule has 1 amide bonds. The van der Waals surface area contributed by atoms with Gasteiger partial charge in [-0.05, 0) is 39.8 Å². The Bertz CT molecular complexity index is 317. The maximum Gasteiger partial charge on any atom is 0.250 e. The molecule has 0 bridgehead atoms. The molecule has 2 rings (SSSR count). The number of carbonyl (C=O) groups is 1. The molecule has 1 atom stereocenters. The van der Waals surface area contributed by atoms with Crippen LogP contribution in [0.15, 0.2) is 0 Å². The van der Waals surface area contributed by atoms with Crippen molar-refractivity contribution in [3.63, 3.8) is 0 Å². The fourth-order valence-corrected chi connectivity index (χ4v) is 3.39. The lowest BCUT2D eigenvalue weighted by molar-refractivity contribution is -0.198. The molecule has 0 aromatic carbocycles. The number of rotatable bonds is 1. The van der Waals surface area contributed by atoms with Gasteiger partial charge in [-0.3, -0.25) is 4.79 Å². The van der Waals surface area contributed by atoms with Crippen LogP contribution in [0.3, 0.4) is 0 Å². The van der Waals surface area contributed by atoms with Crippen molar-refractivity contribution >= 4 is 21.6 Å². The number of ether oxygens (including phenoxy) is 1. The minimum absolute atomic E-state index is 0.127. The summed E-state index contributed by atoms with van der Waals surface area (Å²) in [7, 11) is 4.29. The smallest absolute Gasteiger partial charge is 0.250 e. The van der Waals surface area contributed by atoms with E-state index >= 15 is 0 Å². The Hall–Kier alpha value is -0.480. The summed E-state index contributed by atoms with van der Waals surface area (Å²) in [6.07, 6.45) is 1.66. The molecule has 0 aromatic heterocycles. The van der Waals surface area contributed by atoms with E-state index in [0.29, 0.717) is 0 Å². The number of nitrogens with one attached hydrogen (secondary N) is 1. The maximum absolute atomic E-state index is 12.2. The van der Waals surface area contributed by atoms with Crippen LogP contribution in [0, 0.1) is 0 Å². The van der Waals surface area contributed by atoms with Crippen LogP contribution in [0.4, 0.5) is 0 Å². The molecular weight excluding hydrogens is 214 g/mol. The molecule has 2 aliphatic heterocycles. The maximum atomic E-state index is 12.2. The summed E-state index contributed by atoms with van der Waals surface area (Å²) in [5.41, 5.74) is -0.179. The van der Waals surface area contributed by atoms with Crippen LogP contribution in [-0.2, 0) is 9.53 Å². The predicted octanol–water partition coefficient (Wildman–Crippen LogP) is -1.70. The Kier molecular flexibility index (Phi) is 3.29. The Morgan fingerprint density at radius 1 is 1.47 bits per heavy atom. The lowest BCUT2D eigenvalue weighted by Gasteiger charge is -2.59. The first-order chi connectivity index (χ1) is 7.94. The molecular formula is C11H22B2N2O2. The van der Waals surface area contributed by atoms with Gasteiger partial charge < -0.3 is 15.0 Å². The summed E-state index contributed by atoms with van der Waals surface area (Å²) in [6.45, 7) is 6.63. The number of hydrogen-bond donors (Lipinski definition) is 1. The second-order valence-corrected chi connectivity index (χ2v) is 5.65. The van der Waals surface area contributed by atoms with Gasteiger partial charge in [-0.25, -0.2) is 0 Å². The molecule has 0 radical (unpaired) electrons. The number of carbonyl (C=O) groups excluding carboxylic acids is 1. The first-order valence-electron chi connectivity index (χ1n) is 6.64. The van der Waals surface area contributed by atoms with Gasteiger partial charge in [-0.1, -0.05) is 0 Å². The average Bonchev–Trinajstić information content (AvgIpc) is 2.29. The highest BCUT2D eigenvalue weighted by molar-refractivity contribution is 6.42. The molecule has 2 fully saturated rings. The van der Waals surface area contributed by atoms with Crippen LogP contribution in [0.2, 0.25) is 0 Å². The third-order valence-electron chi connectivity index (χ3n) is 4.53. The molecule has 1 unspecified atom stereocenters. The normalized spacial score (nSPS) is 31.8. The molecule has 2 aliphatic rings. The fraction of sp³-hybridized carbons (Fsp3) is 0.909. The van der Waals surface area contributed by atoms with Gasteiger partial charge in [0, 0.05) is 11.9 Å². The number of nitrogens with zero attached hydrogens (tertiary/aromatic N) is 1. The highest BCUT2D eigenvalue weighted by Gasteiger charge is 2.55. The molecule has 0 aliphatic carbocycles. The van der Waals surface area contributed by atoms with Crippen LogP contribution in [0.5, 0.6) is 0 Å². The van der Waals surface area contributed by atoms with Crippen molar-refractivity contribution in [2.75, 3.05) is 19.6 Å². The monoisotopic (exact) mass is 236 g/mol. The summed E-state index contributed by atoms with van der Waals surface area (Å²) in [4.78, 5) is 14.2. The zero-order valence-corrected chi connectivity index (χ0v) is 11.4. The minimum atomic E-state index is -0.305. The van der Waals surface area contributed by atoms with E-state index < -0.39 is 0 Å². The van der Waals surface area contributed by atoms with E-state index in [4.69, 9.17) is 4.74 Å². The molecule has 0 aromatic rings. The highest BCUT2D eigenvalue weighted by atomic mass is 16.5. The quantitative estimate of drug-likeness (QED) is 0.551. The van der Waals surface area contributed by atoms with Crippen molar-refractivity contribution < 1.29 is 9.53 Å². The first-order valence-corrected chi connectivity index (χ1v) is 6.64. The molecule has 6 heteroatoms. The molecule has 2 saturated heterocycles. The van der Waals surface area contributed by atoms with Crippen LogP contribution >= 0.6 is 0 Å². The van der Waals surface area contributed by atoms with Gasteiger partial charge in [0.1, 0.15) is 21.8 Å². The van der Waals surface area contributed by atoms with Crippen LogP contribution in [0.1, 0.15) is 26.7 Å². The molecule has 2 heterocycles. The lowest BCUT2D eigenvalue weighted by atomic mass is 9.48. The third kappa shape index (κ3) is 1.82. The van der Waals surface area contributed by atoms with Gasteiger partial charge >= 0.3 is 0 Å². The SMILES string of the molecule is BC1(B)N(CC)C(=O)C(C)OC12CCNCC2. The van der Waals surface area contributed by atoms with Crippen molar-refractivity contribution in [3.05, 3.63) is 0 Å². The minimum Gasteiger partial charge on any atom is -0.361 e. The second kappa shape index (κ2) is 4.32. The van der Waals surface area contributed by atoms with E-state index in [1.807, 2.05) is 18.7 Å². The first kappa shape index (κ1) is 13.0. The van der Waals surface area contributed by atoms with Crippen molar-refractivity contribution in [2.45, 2.75) is 43.7 Å². The molecule has 4 nitrogen and oxygen atoms in total. The van der Waals surface area contributed by atoms with Crippen molar-refractivity contribution in [1.29, 1.82) is 0 Å². The van der Waals surface area contributed by atoms with E-state index in [0.717, 1.165) is 32.5 Å². The van der Waals surface area contributed by atoms with Gasteiger partial charge in [0.2, 0.25) is 0 Å². The largest absolute Gasteiger partial charge is 0.361 e. The third-order valence-corrected chi connectivity index (χ3v) is 4.53. The summed E-state index contributed by atoms with van der Waals surface area (Å²) in [5, 5.41) is 3.15. The van der Waals surface area contributed by atoms with Crippen LogP contribution in [0.25, 0.3) is 0 Å². The van der Waals surface area contributed by atoms with Gasteiger partial charge in [-0.2, -0.15) is 0 Å². The lowest BCUT2D eigenvalue weighted by Crippen LogP contribution is -2.75. The average molecular weight is 236 g/mol. The predicted molar refractivity (Wildman–Crippen MR) is 72.6 cm³/mol. The molecule has 1 spiro atoms. The standard InChI is InChI=1S/C11H22B2N2O2/c1-3-15-9(16)8(2)17-10(11(15,12)13)4-6-14-7-5-10/h8,14H,3-7,12-13H2,1-2H3. The Labute approximate surface area is 105 Å². The van der Waals surface area contributed by atoms with Crippen molar-refractivity contribution in [1.82, 2.24) is 10.2 Å². The summed E-state index contributed by atoms with van der Waals surface area (Å²) in [6, 6.07) is 0. The van der Waals surface area contributed by atoms with Gasteiger partial charge in [0.05, 0.1) is 5.60 Å². The van der Waals surface area contributed by atoms with Crippen LogP contribution < -0.4 is 5.32 Å². The van der Waals surface area contributed by atoms with E-state index in [1.165, 1.54) is 0 Å². The summed E-state index contributed by atoms with van der Waals surface area (Å²) in [5.74, 6) is 0.127. The number of hydrogen-bond acceptors (Lipinski definition) is 3. The zero-order chi connectivity index (χ0) is 12.7. The Morgan fingerprint density at radius 2 is 2.06 bits per heavy atom. The summed E-state index contributed by atoms with van der Waals surface area (Å²) >= 11 is 0. The van der Waals surface area contributed by atoms with E-state index in [2.05, 4.69) is 21.0 Å².